The van der Waals surface area contributed by atoms with E-state index in [0.29, 0.717) is 31.6 Å². The lowest BCUT2D eigenvalue weighted by atomic mass is 9.86. The quantitative estimate of drug-likeness (QED) is 0.832. The predicted octanol–water partition coefficient (Wildman–Crippen LogP) is 2.91. The van der Waals surface area contributed by atoms with Gasteiger partial charge in [0.1, 0.15) is 12.1 Å². The number of imide groups is 1. The fourth-order valence-electron chi connectivity index (χ4n) is 3.83. The van der Waals surface area contributed by atoms with Crippen LogP contribution in [0.1, 0.15) is 18.4 Å². The molecule has 28 heavy (non-hydrogen) atoms. The molecule has 2 fully saturated rings. The maximum atomic E-state index is 12.6. The van der Waals surface area contributed by atoms with Gasteiger partial charge in [0.2, 0.25) is 0 Å². The second kappa shape index (κ2) is 7.34. The first kappa shape index (κ1) is 18.0. The predicted molar refractivity (Wildman–Crippen MR) is 103 cm³/mol. The smallest absolute Gasteiger partial charge is 0.410 e. The first-order chi connectivity index (χ1) is 13.6. The first-order valence-corrected chi connectivity index (χ1v) is 9.26. The summed E-state index contributed by atoms with van der Waals surface area (Å²) in [5.41, 5.74) is 0.626. The zero-order valence-corrected chi connectivity index (χ0v) is 15.3. The molecule has 2 aromatic carbocycles. The molecule has 0 saturated carbocycles. The lowest BCUT2D eigenvalue weighted by Gasteiger charge is -2.41. The van der Waals surface area contributed by atoms with E-state index in [-0.39, 0.29) is 12.5 Å². The van der Waals surface area contributed by atoms with E-state index in [1.807, 2.05) is 48.5 Å². The molecule has 1 N–H and O–H groups in total. The van der Waals surface area contributed by atoms with E-state index in [2.05, 4.69) is 5.32 Å². The highest BCUT2D eigenvalue weighted by Crippen LogP contribution is 2.37. The van der Waals surface area contributed by atoms with Crippen molar-refractivity contribution in [3.63, 3.8) is 0 Å². The van der Waals surface area contributed by atoms with Crippen molar-refractivity contribution in [2.75, 3.05) is 18.0 Å². The number of likely N-dealkylation sites (tertiary alicyclic amines) is 1. The van der Waals surface area contributed by atoms with Crippen LogP contribution in [-0.4, -0.2) is 41.6 Å². The summed E-state index contributed by atoms with van der Waals surface area (Å²) in [6, 6.07) is 18.2. The highest BCUT2D eigenvalue weighted by atomic mass is 16.6. The molecule has 2 heterocycles. The number of piperidine rings is 1. The van der Waals surface area contributed by atoms with Crippen LogP contribution in [0.5, 0.6) is 0 Å². The normalized spacial score (nSPS) is 18.3. The minimum absolute atomic E-state index is 0.205. The number of benzene rings is 2. The molecule has 0 bridgehead atoms. The summed E-state index contributed by atoms with van der Waals surface area (Å²) in [5, 5.41) is 2.43. The Kier molecular flexibility index (Phi) is 4.73. The third-order valence-electron chi connectivity index (χ3n) is 5.34. The van der Waals surface area contributed by atoms with E-state index in [0.717, 1.165) is 5.56 Å². The molecule has 7 heteroatoms. The minimum Gasteiger partial charge on any atom is -0.445 e. The molecule has 2 aliphatic heterocycles. The summed E-state index contributed by atoms with van der Waals surface area (Å²) >= 11 is 0. The average Bonchev–Trinajstić information content (AvgIpc) is 2.97. The van der Waals surface area contributed by atoms with E-state index in [4.69, 9.17) is 4.74 Å². The van der Waals surface area contributed by atoms with Crippen LogP contribution in [0.4, 0.5) is 15.3 Å². The molecule has 2 aliphatic rings. The standard InChI is InChI=1S/C21H21N3O4/c25-18-21(24(19(26)22-18)17-9-5-2-6-10-17)11-13-23(14-12-21)20(27)28-15-16-7-3-1-4-8-16/h1-10H,11-15H2,(H,22,25,26). The van der Waals surface area contributed by atoms with Gasteiger partial charge in [-0.3, -0.25) is 15.0 Å². The highest BCUT2D eigenvalue weighted by molar-refractivity contribution is 6.17. The molecule has 0 unspecified atom stereocenters. The fraction of sp³-hybridized carbons (Fsp3) is 0.286. The highest BCUT2D eigenvalue weighted by Gasteiger charge is 2.55. The van der Waals surface area contributed by atoms with Gasteiger partial charge in [0.25, 0.3) is 5.91 Å². The van der Waals surface area contributed by atoms with E-state index < -0.39 is 17.7 Å². The van der Waals surface area contributed by atoms with Crippen molar-refractivity contribution in [1.82, 2.24) is 10.2 Å². The number of urea groups is 1. The van der Waals surface area contributed by atoms with Crippen molar-refractivity contribution in [2.24, 2.45) is 0 Å². The van der Waals surface area contributed by atoms with Gasteiger partial charge in [-0.2, -0.15) is 0 Å². The largest absolute Gasteiger partial charge is 0.445 e. The average molecular weight is 379 g/mol. The third-order valence-corrected chi connectivity index (χ3v) is 5.34. The Morgan fingerprint density at radius 1 is 0.964 bits per heavy atom. The molecule has 4 rings (SSSR count). The zero-order chi connectivity index (χ0) is 19.6. The van der Waals surface area contributed by atoms with Gasteiger partial charge in [-0.25, -0.2) is 9.59 Å². The van der Waals surface area contributed by atoms with Crippen molar-refractivity contribution in [3.05, 3.63) is 66.2 Å². The number of hydrogen-bond donors (Lipinski definition) is 1. The zero-order valence-electron chi connectivity index (χ0n) is 15.3. The van der Waals surface area contributed by atoms with Crippen LogP contribution in [0.15, 0.2) is 60.7 Å². The number of carbonyl (C=O) groups excluding carboxylic acids is 3. The lowest BCUT2D eigenvalue weighted by Crippen LogP contribution is -2.57. The van der Waals surface area contributed by atoms with Crippen LogP contribution in [0, 0.1) is 0 Å². The van der Waals surface area contributed by atoms with Crippen LogP contribution in [0.25, 0.3) is 0 Å². The van der Waals surface area contributed by atoms with Crippen molar-refractivity contribution in [3.8, 4) is 0 Å². The van der Waals surface area contributed by atoms with Crippen LogP contribution in [0.3, 0.4) is 0 Å². The maximum Gasteiger partial charge on any atom is 0.410 e. The van der Waals surface area contributed by atoms with Crippen molar-refractivity contribution < 1.29 is 19.1 Å². The summed E-state index contributed by atoms with van der Waals surface area (Å²) < 4.78 is 5.38. The molecule has 0 atom stereocenters. The lowest BCUT2D eigenvalue weighted by molar-refractivity contribution is -0.124. The fourth-order valence-corrected chi connectivity index (χ4v) is 3.83. The number of anilines is 1. The molecule has 1 spiro atoms. The molecule has 144 valence electrons. The van der Waals surface area contributed by atoms with Gasteiger partial charge in [0.05, 0.1) is 0 Å². The Bertz CT molecular complexity index is 877. The van der Waals surface area contributed by atoms with Crippen molar-refractivity contribution >= 4 is 23.7 Å². The van der Waals surface area contributed by atoms with Crippen molar-refractivity contribution in [1.29, 1.82) is 0 Å². The Morgan fingerprint density at radius 3 is 2.21 bits per heavy atom. The van der Waals surface area contributed by atoms with E-state index in [9.17, 15) is 14.4 Å². The van der Waals surface area contributed by atoms with Gasteiger partial charge < -0.3 is 9.64 Å². The molecule has 0 aliphatic carbocycles. The number of rotatable bonds is 3. The number of nitrogens with zero attached hydrogens (tertiary/aromatic N) is 2. The van der Waals surface area contributed by atoms with Crippen LogP contribution < -0.4 is 10.2 Å². The van der Waals surface area contributed by atoms with Crippen LogP contribution in [-0.2, 0) is 16.1 Å². The van der Waals surface area contributed by atoms with Gasteiger partial charge in [-0.1, -0.05) is 48.5 Å². The summed E-state index contributed by atoms with van der Waals surface area (Å²) in [4.78, 5) is 40.6. The molecule has 0 radical (unpaired) electrons. The molecule has 4 amide bonds. The monoisotopic (exact) mass is 379 g/mol. The van der Waals surface area contributed by atoms with E-state index >= 15 is 0 Å². The molecular formula is C21H21N3O4. The van der Waals surface area contributed by atoms with Gasteiger partial charge in [-0.15, -0.1) is 0 Å². The summed E-state index contributed by atoms with van der Waals surface area (Å²) in [6.07, 6.45) is 0.314. The van der Waals surface area contributed by atoms with Gasteiger partial charge in [0.15, 0.2) is 0 Å². The number of carbonyl (C=O) groups is 3. The Labute approximate surface area is 162 Å². The van der Waals surface area contributed by atoms with E-state index in [1.54, 1.807) is 17.0 Å². The van der Waals surface area contributed by atoms with Gasteiger partial charge in [0, 0.05) is 18.8 Å². The second-order valence-electron chi connectivity index (χ2n) is 6.99. The Morgan fingerprint density at radius 2 is 1.57 bits per heavy atom. The van der Waals surface area contributed by atoms with Crippen LogP contribution >= 0.6 is 0 Å². The second-order valence-corrected chi connectivity index (χ2v) is 6.99. The first-order valence-electron chi connectivity index (χ1n) is 9.26. The topological polar surface area (TPSA) is 79.0 Å². The third kappa shape index (κ3) is 3.19. The SMILES string of the molecule is O=C(OCc1ccccc1)N1CCC2(CC1)C(=O)NC(=O)N2c1ccccc1. The molecule has 7 nitrogen and oxygen atoms in total. The van der Waals surface area contributed by atoms with E-state index in [1.165, 1.54) is 4.90 Å². The number of amides is 4. The van der Waals surface area contributed by atoms with Gasteiger partial charge in [-0.05, 0) is 30.5 Å². The van der Waals surface area contributed by atoms with Crippen LogP contribution in [0.2, 0.25) is 0 Å². The molecule has 2 aromatic rings. The summed E-state index contributed by atoms with van der Waals surface area (Å²) in [6.45, 7) is 0.895. The molecule has 0 aromatic heterocycles. The maximum absolute atomic E-state index is 12.6. The van der Waals surface area contributed by atoms with Crippen molar-refractivity contribution in [2.45, 2.75) is 25.0 Å². The summed E-state index contributed by atoms with van der Waals surface area (Å²) in [5.74, 6) is -0.307. The molecule has 2 saturated heterocycles. The number of hydrogen-bond acceptors (Lipinski definition) is 4. The Balaban J connectivity index is 1.43. The number of para-hydroxylation sites is 1. The molecular weight excluding hydrogens is 358 g/mol. The summed E-state index contributed by atoms with van der Waals surface area (Å²) in [7, 11) is 0. The van der Waals surface area contributed by atoms with Gasteiger partial charge >= 0.3 is 12.1 Å². The number of nitrogens with one attached hydrogen (secondary N) is 1. The minimum atomic E-state index is -0.964. The number of ether oxygens (including phenoxy) is 1. The Hall–Kier alpha value is -3.35.